The monoisotopic (exact) mass is 328 g/mol. The van der Waals surface area contributed by atoms with Crippen LogP contribution in [0.25, 0.3) is 0 Å². The summed E-state index contributed by atoms with van der Waals surface area (Å²) in [6.07, 6.45) is 0. The van der Waals surface area contributed by atoms with E-state index in [2.05, 4.69) is 10.6 Å². The molecule has 0 aliphatic rings. The number of hydrogen-bond acceptors (Lipinski definition) is 3. The quantitative estimate of drug-likeness (QED) is 0.716. The number of imide groups is 1. The minimum absolute atomic E-state index is 0.0198. The van der Waals surface area contributed by atoms with E-state index in [1.807, 2.05) is 27.0 Å². The molecule has 22 heavy (non-hydrogen) atoms. The second-order valence-electron chi connectivity index (χ2n) is 5.44. The number of rotatable bonds is 6. The van der Waals surface area contributed by atoms with Crippen LogP contribution in [0.3, 0.4) is 0 Å². The van der Waals surface area contributed by atoms with Crippen LogP contribution < -0.4 is 20.3 Å². The van der Waals surface area contributed by atoms with E-state index in [4.69, 9.17) is 16.3 Å². The Hall–Kier alpha value is -1.79. The maximum Gasteiger partial charge on any atom is 0.321 e. The van der Waals surface area contributed by atoms with Crippen LogP contribution in [0.5, 0.6) is 5.75 Å². The fraction of sp³-hybridized carbons (Fsp3) is 0.467. The minimum Gasteiger partial charge on any atom is -0.496 e. The Morgan fingerprint density at radius 1 is 1.36 bits per heavy atom. The third-order valence-electron chi connectivity index (χ3n) is 2.87. The molecule has 1 rings (SSSR count). The smallest absolute Gasteiger partial charge is 0.321 e. The van der Waals surface area contributed by atoms with E-state index < -0.39 is 6.03 Å². The number of carbonyl (C=O) groups excluding carboxylic acids is 2. The molecule has 0 radical (unpaired) electrons. The van der Waals surface area contributed by atoms with Crippen molar-refractivity contribution in [1.29, 1.82) is 0 Å². The molecule has 3 N–H and O–H groups in total. The molecule has 0 saturated heterocycles. The number of amides is 3. The first-order valence-electron chi connectivity index (χ1n) is 7.06. The summed E-state index contributed by atoms with van der Waals surface area (Å²) in [4.78, 5) is 24.2. The zero-order valence-corrected chi connectivity index (χ0v) is 14.1. The molecule has 6 nitrogen and oxygen atoms in total. The van der Waals surface area contributed by atoms with Crippen LogP contribution in [0.15, 0.2) is 18.2 Å². The molecule has 0 fully saturated rings. The molecule has 3 amide bonds. The second-order valence-corrected chi connectivity index (χ2v) is 5.88. The number of hydrogen-bond donors (Lipinski definition) is 3. The average Bonchev–Trinajstić information content (AvgIpc) is 2.37. The highest BCUT2D eigenvalue weighted by molar-refractivity contribution is 6.30. The minimum atomic E-state index is -0.479. The summed E-state index contributed by atoms with van der Waals surface area (Å²) in [6.45, 7) is 4.38. The maximum absolute atomic E-state index is 11.8. The fourth-order valence-corrected chi connectivity index (χ4v) is 2.21. The molecule has 0 aliphatic carbocycles. The van der Waals surface area contributed by atoms with Crippen LogP contribution in [-0.4, -0.2) is 38.7 Å². The molecule has 0 aromatic heterocycles. The highest BCUT2D eigenvalue weighted by Crippen LogP contribution is 2.21. The van der Waals surface area contributed by atoms with Crippen molar-refractivity contribution >= 4 is 23.5 Å². The number of likely N-dealkylation sites (N-methyl/N-ethyl adjacent to an activating group) is 1. The number of ether oxygens (including phenoxy) is 1. The normalized spacial score (nSPS) is 11.9. The van der Waals surface area contributed by atoms with Crippen molar-refractivity contribution in [1.82, 2.24) is 10.6 Å². The van der Waals surface area contributed by atoms with Gasteiger partial charge in [0.25, 0.3) is 5.91 Å². The standard InChI is InChI=1S/C15H22ClN3O3/c1-10(2)17-15(21)18-14(20)9-19(3)8-11-7-12(16)5-6-13(11)22-4/h5-7,10H,8-9H2,1-4H3,(H2,17,18,20,21)/p+1. The summed E-state index contributed by atoms with van der Waals surface area (Å²) in [5, 5.41) is 5.52. The van der Waals surface area contributed by atoms with Gasteiger partial charge in [0.1, 0.15) is 12.3 Å². The zero-order chi connectivity index (χ0) is 16.7. The highest BCUT2D eigenvalue weighted by atomic mass is 35.5. The summed E-state index contributed by atoms with van der Waals surface area (Å²) in [5.74, 6) is 0.387. The van der Waals surface area contributed by atoms with Gasteiger partial charge >= 0.3 is 6.03 Å². The number of nitrogens with one attached hydrogen (secondary N) is 3. The molecule has 1 aromatic carbocycles. The van der Waals surface area contributed by atoms with E-state index in [1.54, 1.807) is 19.2 Å². The van der Waals surface area contributed by atoms with Crippen molar-refractivity contribution in [2.75, 3.05) is 20.7 Å². The number of carbonyl (C=O) groups is 2. The number of halogens is 1. The number of quaternary nitrogens is 1. The van der Waals surface area contributed by atoms with Gasteiger partial charge in [-0.1, -0.05) is 11.6 Å². The predicted octanol–water partition coefficient (Wildman–Crippen LogP) is 0.598. The first kappa shape index (κ1) is 18.3. The number of urea groups is 1. The van der Waals surface area contributed by atoms with Crippen LogP contribution >= 0.6 is 11.6 Å². The molecule has 0 bridgehead atoms. The van der Waals surface area contributed by atoms with Gasteiger partial charge in [0.15, 0.2) is 6.54 Å². The summed E-state index contributed by atoms with van der Waals surface area (Å²) in [7, 11) is 3.45. The average molecular weight is 329 g/mol. The largest absolute Gasteiger partial charge is 0.496 e. The first-order valence-corrected chi connectivity index (χ1v) is 7.43. The second kappa shape index (κ2) is 8.60. The molecule has 0 saturated carbocycles. The Kier molecular flexibility index (Phi) is 7.14. The van der Waals surface area contributed by atoms with Crippen molar-refractivity contribution in [2.24, 2.45) is 0 Å². The van der Waals surface area contributed by atoms with Crippen LogP contribution in [0.1, 0.15) is 19.4 Å². The summed E-state index contributed by atoms with van der Waals surface area (Å²) < 4.78 is 5.28. The van der Waals surface area contributed by atoms with Gasteiger partial charge in [-0.3, -0.25) is 10.1 Å². The molecule has 0 spiro atoms. The van der Waals surface area contributed by atoms with E-state index >= 15 is 0 Å². The third kappa shape index (κ3) is 6.32. The van der Waals surface area contributed by atoms with Gasteiger partial charge in [0.05, 0.1) is 14.2 Å². The fourth-order valence-electron chi connectivity index (χ4n) is 2.02. The Balaban J connectivity index is 2.55. The molecular weight excluding hydrogens is 306 g/mol. The van der Waals surface area contributed by atoms with Crippen molar-refractivity contribution in [3.05, 3.63) is 28.8 Å². The van der Waals surface area contributed by atoms with Crippen LogP contribution in [-0.2, 0) is 11.3 Å². The van der Waals surface area contributed by atoms with Gasteiger partial charge in [-0.25, -0.2) is 4.79 Å². The van der Waals surface area contributed by atoms with E-state index in [0.29, 0.717) is 11.6 Å². The summed E-state index contributed by atoms with van der Waals surface area (Å²) in [5.41, 5.74) is 0.909. The van der Waals surface area contributed by atoms with Gasteiger partial charge in [-0.2, -0.15) is 0 Å². The van der Waals surface area contributed by atoms with E-state index in [9.17, 15) is 9.59 Å². The first-order chi connectivity index (χ1) is 10.3. The van der Waals surface area contributed by atoms with Crippen molar-refractivity contribution in [3.8, 4) is 5.75 Å². The molecule has 1 aromatic rings. The molecule has 0 aliphatic heterocycles. The lowest BCUT2D eigenvalue weighted by Gasteiger charge is -2.16. The van der Waals surface area contributed by atoms with Gasteiger partial charge in [-0.15, -0.1) is 0 Å². The van der Waals surface area contributed by atoms with E-state index in [-0.39, 0.29) is 18.5 Å². The van der Waals surface area contributed by atoms with Gasteiger partial charge in [-0.05, 0) is 32.0 Å². The molecule has 0 heterocycles. The van der Waals surface area contributed by atoms with Crippen LogP contribution in [0, 0.1) is 0 Å². The number of benzene rings is 1. The molecular formula is C15H23ClN3O3+. The van der Waals surface area contributed by atoms with E-state index in [0.717, 1.165) is 16.2 Å². The number of methoxy groups -OCH3 is 1. The summed E-state index contributed by atoms with van der Waals surface area (Å²) >= 11 is 5.98. The molecule has 1 atom stereocenters. The Morgan fingerprint density at radius 2 is 2.05 bits per heavy atom. The van der Waals surface area contributed by atoms with Crippen LogP contribution in [0.4, 0.5) is 4.79 Å². The van der Waals surface area contributed by atoms with Crippen molar-refractivity contribution in [2.45, 2.75) is 26.4 Å². The lowest BCUT2D eigenvalue weighted by molar-refractivity contribution is -0.885. The highest BCUT2D eigenvalue weighted by Gasteiger charge is 2.16. The summed E-state index contributed by atoms with van der Waals surface area (Å²) in [6, 6.07) is 4.86. The lowest BCUT2D eigenvalue weighted by Crippen LogP contribution is -3.09. The van der Waals surface area contributed by atoms with Gasteiger partial charge in [0.2, 0.25) is 0 Å². The Labute approximate surface area is 135 Å². The SMILES string of the molecule is COc1ccc(Cl)cc1C[NH+](C)CC(=O)NC(=O)NC(C)C. The van der Waals surface area contributed by atoms with Crippen LogP contribution in [0.2, 0.25) is 5.02 Å². The van der Waals surface area contributed by atoms with Crippen molar-refractivity contribution < 1.29 is 19.2 Å². The predicted molar refractivity (Wildman–Crippen MR) is 85.3 cm³/mol. The topological polar surface area (TPSA) is 71.9 Å². The third-order valence-corrected chi connectivity index (χ3v) is 3.10. The van der Waals surface area contributed by atoms with Crippen molar-refractivity contribution in [3.63, 3.8) is 0 Å². The molecule has 122 valence electrons. The van der Waals surface area contributed by atoms with E-state index in [1.165, 1.54) is 0 Å². The Bertz CT molecular complexity index is 535. The molecule has 1 unspecified atom stereocenters. The Morgan fingerprint density at radius 3 is 2.64 bits per heavy atom. The maximum atomic E-state index is 11.8. The lowest BCUT2D eigenvalue weighted by atomic mass is 10.2. The molecule has 7 heteroatoms. The van der Waals surface area contributed by atoms with Gasteiger partial charge < -0.3 is 15.0 Å². The zero-order valence-electron chi connectivity index (χ0n) is 13.3. The van der Waals surface area contributed by atoms with Gasteiger partial charge in [0, 0.05) is 16.6 Å².